The molecule has 0 radical (unpaired) electrons. The molecule has 0 fully saturated rings. The fourth-order valence-corrected chi connectivity index (χ4v) is 1.90. The standard InChI is InChI=1S/C9H15N3O2S/c10-7-4-8-15(13,14)12-11-9-5-2-1-3-6-9/h1-3,5-6,11-12H,4,7-8,10H2. The van der Waals surface area contributed by atoms with Crippen LogP contribution in [-0.4, -0.2) is 20.7 Å². The van der Waals surface area contributed by atoms with Crippen molar-refractivity contribution >= 4 is 15.7 Å². The summed E-state index contributed by atoms with van der Waals surface area (Å²) in [6, 6.07) is 9.03. The van der Waals surface area contributed by atoms with E-state index in [1.165, 1.54) is 0 Å². The number of para-hydroxylation sites is 1. The zero-order chi connectivity index (χ0) is 11.1. The Hall–Kier alpha value is -1.11. The first kappa shape index (κ1) is 12.0. The Kier molecular flexibility index (Phi) is 4.54. The smallest absolute Gasteiger partial charge is 0.228 e. The van der Waals surface area contributed by atoms with E-state index >= 15 is 0 Å². The van der Waals surface area contributed by atoms with Crippen molar-refractivity contribution in [3.63, 3.8) is 0 Å². The number of sulfonamides is 1. The molecule has 0 saturated carbocycles. The van der Waals surface area contributed by atoms with E-state index in [2.05, 4.69) is 10.3 Å². The fourth-order valence-electron chi connectivity index (χ4n) is 0.983. The van der Waals surface area contributed by atoms with Crippen molar-refractivity contribution in [1.82, 2.24) is 4.83 Å². The van der Waals surface area contributed by atoms with Crippen molar-refractivity contribution in [2.45, 2.75) is 6.42 Å². The van der Waals surface area contributed by atoms with Gasteiger partial charge in [0.05, 0.1) is 5.75 Å². The van der Waals surface area contributed by atoms with Gasteiger partial charge in [-0.2, -0.15) is 0 Å². The van der Waals surface area contributed by atoms with Crippen LogP contribution in [0.25, 0.3) is 0 Å². The summed E-state index contributed by atoms with van der Waals surface area (Å²) in [5, 5.41) is 0. The van der Waals surface area contributed by atoms with E-state index < -0.39 is 10.0 Å². The van der Waals surface area contributed by atoms with E-state index in [1.54, 1.807) is 12.1 Å². The Morgan fingerprint density at radius 3 is 2.47 bits per heavy atom. The summed E-state index contributed by atoms with van der Waals surface area (Å²) in [5.74, 6) is 0.0311. The second-order valence-electron chi connectivity index (χ2n) is 3.05. The first-order valence-electron chi connectivity index (χ1n) is 4.65. The highest BCUT2D eigenvalue weighted by Crippen LogP contribution is 2.03. The van der Waals surface area contributed by atoms with Gasteiger partial charge in [-0.3, -0.25) is 0 Å². The predicted molar refractivity (Wildman–Crippen MR) is 60.7 cm³/mol. The molecular weight excluding hydrogens is 214 g/mol. The van der Waals surface area contributed by atoms with Crippen molar-refractivity contribution in [1.29, 1.82) is 0 Å². The van der Waals surface area contributed by atoms with E-state index in [9.17, 15) is 8.42 Å². The maximum atomic E-state index is 11.3. The maximum absolute atomic E-state index is 11.3. The van der Waals surface area contributed by atoms with E-state index in [4.69, 9.17) is 5.73 Å². The van der Waals surface area contributed by atoms with Gasteiger partial charge in [0.25, 0.3) is 0 Å². The summed E-state index contributed by atoms with van der Waals surface area (Å²) in [5.41, 5.74) is 8.55. The zero-order valence-electron chi connectivity index (χ0n) is 8.31. The summed E-state index contributed by atoms with van der Waals surface area (Å²) in [7, 11) is -3.28. The van der Waals surface area contributed by atoms with Gasteiger partial charge in [0, 0.05) is 5.69 Å². The molecule has 0 aliphatic carbocycles. The molecule has 5 nitrogen and oxygen atoms in total. The third-order valence-corrected chi connectivity index (χ3v) is 2.98. The van der Waals surface area contributed by atoms with Crippen LogP contribution in [0.5, 0.6) is 0 Å². The van der Waals surface area contributed by atoms with E-state index in [0.29, 0.717) is 18.7 Å². The summed E-state index contributed by atoms with van der Waals surface area (Å²) in [4.78, 5) is 2.28. The van der Waals surface area contributed by atoms with Gasteiger partial charge in [0.1, 0.15) is 0 Å². The lowest BCUT2D eigenvalue weighted by Crippen LogP contribution is -2.32. The highest BCUT2D eigenvalue weighted by atomic mass is 32.2. The Bertz CT molecular complexity index is 378. The molecule has 0 aromatic heterocycles. The molecule has 1 rings (SSSR count). The molecule has 0 bridgehead atoms. The molecule has 0 atom stereocenters. The Labute approximate surface area is 89.7 Å². The number of hydrogen-bond acceptors (Lipinski definition) is 4. The summed E-state index contributed by atoms with van der Waals surface area (Å²) in [6.45, 7) is 0.367. The number of rotatable bonds is 6. The lowest BCUT2D eigenvalue weighted by molar-refractivity contribution is 0.585. The van der Waals surface area contributed by atoms with Crippen LogP contribution in [0, 0.1) is 0 Å². The average molecular weight is 229 g/mol. The fraction of sp³-hybridized carbons (Fsp3) is 0.333. The minimum atomic E-state index is -3.28. The predicted octanol–water partition coefficient (Wildman–Crippen LogP) is 0.282. The topological polar surface area (TPSA) is 84.2 Å². The summed E-state index contributed by atoms with van der Waals surface area (Å²) in [6.07, 6.45) is 0.450. The summed E-state index contributed by atoms with van der Waals surface area (Å²) < 4.78 is 22.7. The van der Waals surface area contributed by atoms with Gasteiger partial charge < -0.3 is 11.2 Å². The lowest BCUT2D eigenvalue weighted by atomic mass is 10.3. The number of hydrogen-bond donors (Lipinski definition) is 3. The highest BCUT2D eigenvalue weighted by molar-refractivity contribution is 7.89. The van der Waals surface area contributed by atoms with Gasteiger partial charge in [-0.15, -0.1) is 4.83 Å². The number of benzene rings is 1. The van der Waals surface area contributed by atoms with Crippen molar-refractivity contribution in [2.24, 2.45) is 5.73 Å². The van der Waals surface area contributed by atoms with Gasteiger partial charge in [-0.25, -0.2) is 8.42 Å². The van der Waals surface area contributed by atoms with Crippen LogP contribution in [0.1, 0.15) is 6.42 Å². The SMILES string of the molecule is NCCCS(=O)(=O)NNc1ccccc1. The monoisotopic (exact) mass is 229 g/mol. The molecule has 0 aliphatic heterocycles. The van der Waals surface area contributed by atoms with Crippen LogP contribution < -0.4 is 16.0 Å². The molecule has 4 N–H and O–H groups in total. The van der Waals surface area contributed by atoms with Crippen molar-refractivity contribution in [2.75, 3.05) is 17.7 Å². The Morgan fingerprint density at radius 1 is 1.20 bits per heavy atom. The summed E-state index contributed by atoms with van der Waals surface area (Å²) >= 11 is 0. The van der Waals surface area contributed by atoms with Crippen molar-refractivity contribution in [3.05, 3.63) is 30.3 Å². The minimum absolute atomic E-state index is 0.0311. The van der Waals surface area contributed by atoms with Crippen molar-refractivity contribution < 1.29 is 8.42 Å². The second-order valence-corrected chi connectivity index (χ2v) is 4.90. The largest absolute Gasteiger partial charge is 0.330 e. The molecule has 0 heterocycles. The molecule has 6 heteroatoms. The third kappa shape index (κ3) is 4.78. The molecule has 0 saturated heterocycles. The third-order valence-electron chi connectivity index (χ3n) is 1.74. The Balaban J connectivity index is 2.43. The first-order valence-corrected chi connectivity index (χ1v) is 6.30. The number of nitrogens with two attached hydrogens (primary N) is 1. The van der Waals surface area contributed by atoms with Gasteiger partial charge >= 0.3 is 0 Å². The molecule has 0 amide bonds. The van der Waals surface area contributed by atoms with Gasteiger partial charge in [-0.05, 0) is 25.1 Å². The number of hydrazine groups is 1. The van der Waals surface area contributed by atoms with Crippen LogP contribution in [0.4, 0.5) is 5.69 Å². The van der Waals surface area contributed by atoms with Crippen LogP contribution >= 0.6 is 0 Å². The van der Waals surface area contributed by atoms with Gasteiger partial charge in [0.2, 0.25) is 10.0 Å². The normalized spacial score (nSPS) is 11.3. The molecule has 84 valence electrons. The molecule has 0 aliphatic rings. The van der Waals surface area contributed by atoms with Crippen LogP contribution in [0.2, 0.25) is 0 Å². The van der Waals surface area contributed by atoms with Gasteiger partial charge in [0.15, 0.2) is 0 Å². The quantitative estimate of drug-likeness (QED) is 0.612. The molecule has 1 aromatic carbocycles. The van der Waals surface area contributed by atoms with Crippen molar-refractivity contribution in [3.8, 4) is 0 Å². The zero-order valence-corrected chi connectivity index (χ0v) is 9.13. The van der Waals surface area contributed by atoms with Crippen LogP contribution in [-0.2, 0) is 10.0 Å². The second kappa shape index (κ2) is 5.69. The van der Waals surface area contributed by atoms with E-state index in [-0.39, 0.29) is 5.75 Å². The van der Waals surface area contributed by atoms with E-state index in [1.807, 2.05) is 18.2 Å². The minimum Gasteiger partial charge on any atom is -0.330 e. The lowest BCUT2D eigenvalue weighted by Gasteiger charge is -2.08. The highest BCUT2D eigenvalue weighted by Gasteiger charge is 2.07. The average Bonchev–Trinajstić information content (AvgIpc) is 2.25. The first-order chi connectivity index (χ1) is 7.14. The number of nitrogens with one attached hydrogen (secondary N) is 2. The molecular formula is C9H15N3O2S. The maximum Gasteiger partial charge on any atom is 0.228 e. The van der Waals surface area contributed by atoms with E-state index in [0.717, 1.165) is 0 Å². The molecule has 0 unspecified atom stereocenters. The van der Waals surface area contributed by atoms with Crippen LogP contribution in [0.15, 0.2) is 30.3 Å². The molecule has 0 spiro atoms. The van der Waals surface area contributed by atoms with Gasteiger partial charge in [-0.1, -0.05) is 18.2 Å². The van der Waals surface area contributed by atoms with Crippen LogP contribution in [0.3, 0.4) is 0 Å². The molecule has 1 aromatic rings. The molecule has 15 heavy (non-hydrogen) atoms. The number of anilines is 1. The Morgan fingerprint density at radius 2 is 1.87 bits per heavy atom.